The van der Waals surface area contributed by atoms with Crippen LogP contribution < -0.4 is 25.4 Å². The van der Waals surface area contributed by atoms with Crippen LogP contribution in [0, 0.1) is 6.57 Å². The molecule has 3 N–H and O–H groups in total. The highest BCUT2D eigenvalue weighted by Crippen LogP contribution is 2.28. The van der Waals surface area contributed by atoms with Gasteiger partial charge >= 0.3 is 6.03 Å². The van der Waals surface area contributed by atoms with Crippen LogP contribution >= 0.6 is 11.6 Å². The highest BCUT2D eigenvalue weighted by atomic mass is 35.5. The number of anilines is 2. The van der Waals surface area contributed by atoms with E-state index in [-0.39, 0.29) is 5.91 Å². The topological polar surface area (TPSA) is 106 Å². The van der Waals surface area contributed by atoms with Gasteiger partial charge in [0.25, 0.3) is 0 Å². The Morgan fingerprint density at radius 1 is 1.05 bits per heavy atom. The van der Waals surface area contributed by atoms with E-state index < -0.39 is 6.03 Å². The molecule has 0 saturated heterocycles. The molecule has 0 atom stereocenters. The van der Waals surface area contributed by atoms with Crippen molar-refractivity contribution in [2.45, 2.75) is 25.7 Å². The lowest BCUT2D eigenvalue weighted by Crippen LogP contribution is -2.25. The van der Waals surface area contributed by atoms with Crippen molar-refractivity contribution in [3.63, 3.8) is 0 Å². The maximum absolute atomic E-state index is 12.4. The Balaban J connectivity index is 1.37. The molecule has 0 unspecified atom stereocenters. The largest absolute Gasteiger partial charge is 0.497 e. The van der Waals surface area contributed by atoms with E-state index in [2.05, 4.69) is 25.8 Å². The molecular weight excluding hydrogens is 494 g/mol. The van der Waals surface area contributed by atoms with E-state index in [4.69, 9.17) is 27.6 Å². The Morgan fingerprint density at radius 3 is 2.57 bits per heavy atom. The van der Waals surface area contributed by atoms with E-state index >= 15 is 0 Å². The van der Waals surface area contributed by atoms with Gasteiger partial charge in [-0.25, -0.2) is 9.64 Å². The molecular formula is C27H28ClN5O4. The number of benzene rings is 2. The van der Waals surface area contributed by atoms with E-state index in [9.17, 15) is 9.59 Å². The number of methoxy groups -OCH3 is 1. The van der Waals surface area contributed by atoms with Crippen molar-refractivity contribution in [3.05, 3.63) is 82.8 Å². The molecule has 9 nitrogen and oxygen atoms in total. The summed E-state index contributed by atoms with van der Waals surface area (Å²) in [6.07, 6.45) is 3.99. The molecule has 0 spiro atoms. The standard InChI is InChI=1S/C27H28ClN5O4/c1-29-21-10-14-25(31-18-21)33-27(35)32-23-17-20(28)9-13-24(23)37-16-4-15-30-26(34)6-3-5-19-7-11-22(36-2)12-8-19/h7-14,17-18H,3-6,15-16H2,2H3,(H,30,34)(H2,31,32,33,35). The van der Waals surface area contributed by atoms with Crippen molar-refractivity contribution in [2.75, 3.05) is 30.9 Å². The van der Waals surface area contributed by atoms with Gasteiger partial charge in [0.2, 0.25) is 11.6 Å². The van der Waals surface area contributed by atoms with Gasteiger partial charge in [-0.15, -0.1) is 0 Å². The molecule has 3 aromatic rings. The molecule has 192 valence electrons. The Bertz CT molecular complexity index is 1230. The second-order valence-electron chi connectivity index (χ2n) is 7.99. The summed E-state index contributed by atoms with van der Waals surface area (Å²) in [7, 11) is 1.63. The van der Waals surface area contributed by atoms with Crippen molar-refractivity contribution in [1.82, 2.24) is 10.3 Å². The molecule has 1 aromatic heterocycles. The van der Waals surface area contributed by atoms with Gasteiger partial charge in [0.15, 0.2) is 0 Å². The number of carbonyl (C=O) groups is 2. The van der Waals surface area contributed by atoms with E-state index in [1.807, 2.05) is 24.3 Å². The summed E-state index contributed by atoms with van der Waals surface area (Å²) < 4.78 is 11.0. The first-order valence-electron chi connectivity index (χ1n) is 11.7. The summed E-state index contributed by atoms with van der Waals surface area (Å²) in [5, 5.41) is 8.62. The van der Waals surface area contributed by atoms with Crippen LogP contribution in [0.15, 0.2) is 60.8 Å². The van der Waals surface area contributed by atoms with Crippen LogP contribution in [0.3, 0.4) is 0 Å². The first-order chi connectivity index (χ1) is 18.0. The Morgan fingerprint density at radius 2 is 1.86 bits per heavy atom. The zero-order valence-corrected chi connectivity index (χ0v) is 21.2. The first kappa shape index (κ1) is 27.3. The number of carbonyl (C=O) groups excluding carboxylic acids is 2. The predicted molar refractivity (Wildman–Crippen MR) is 144 cm³/mol. The smallest absolute Gasteiger partial charge is 0.324 e. The summed E-state index contributed by atoms with van der Waals surface area (Å²) in [5.74, 6) is 1.56. The van der Waals surface area contributed by atoms with Crippen LogP contribution in [0.2, 0.25) is 5.02 Å². The quantitative estimate of drug-likeness (QED) is 0.205. The molecule has 0 fully saturated rings. The molecule has 0 aliphatic carbocycles. The van der Waals surface area contributed by atoms with Crippen LogP contribution in [-0.2, 0) is 11.2 Å². The maximum Gasteiger partial charge on any atom is 0.324 e. The van der Waals surface area contributed by atoms with Crippen LogP contribution in [0.25, 0.3) is 4.85 Å². The van der Waals surface area contributed by atoms with Gasteiger partial charge in [-0.3, -0.25) is 15.1 Å². The van der Waals surface area contributed by atoms with Gasteiger partial charge in [0, 0.05) is 24.2 Å². The summed E-state index contributed by atoms with van der Waals surface area (Å²) in [6.45, 7) is 7.77. The second kappa shape index (κ2) is 14.3. The van der Waals surface area contributed by atoms with E-state index in [1.165, 1.54) is 12.3 Å². The van der Waals surface area contributed by atoms with Gasteiger partial charge in [-0.05, 0) is 61.2 Å². The second-order valence-corrected chi connectivity index (χ2v) is 8.42. The lowest BCUT2D eigenvalue weighted by molar-refractivity contribution is -0.121. The average molecular weight is 522 g/mol. The van der Waals surface area contributed by atoms with Crippen molar-refractivity contribution in [3.8, 4) is 11.5 Å². The third kappa shape index (κ3) is 9.35. The predicted octanol–water partition coefficient (Wildman–Crippen LogP) is 5.85. The SMILES string of the molecule is [C-]#[N+]c1ccc(NC(=O)Nc2cc(Cl)ccc2OCCCNC(=O)CCCc2ccc(OC)cc2)nc1. The van der Waals surface area contributed by atoms with Gasteiger partial charge < -0.3 is 20.1 Å². The fourth-order valence-corrected chi connectivity index (χ4v) is 3.51. The molecule has 0 aliphatic rings. The third-order valence-electron chi connectivity index (χ3n) is 5.24. The highest BCUT2D eigenvalue weighted by Gasteiger charge is 2.10. The molecule has 10 heteroatoms. The van der Waals surface area contributed by atoms with Gasteiger partial charge in [0.05, 0.1) is 26.0 Å². The molecule has 0 aliphatic heterocycles. The molecule has 3 rings (SSSR count). The molecule has 0 saturated carbocycles. The number of hydrogen-bond acceptors (Lipinski definition) is 5. The molecule has 0 radical (unpaired) electrons. The minimum absolute atomic E-state index is 0.00271. The van der Waals surface area contributed by atoms with Gasteiger partial charge in [-0.2, -0.15) is 0 Å². The molecule has 37 heavy (non-hydrogen) atoms. The monoisotopic (exact) mass is 521 g/mol. The van der Waals surface area contributed by atoms with Gasteiger partial charge in [-0.1, -0.05) is 29.8 Å². The lowest BCUT2D eigenvalue weighted by atomic mass is 10.1. The molecule has 2 aromatic carbocycles. The van der Waals surface area contributed by atoms with Crippen molar-refractivity contribution >= 4 is 40.7 Å². The number of pyridine rings is 1. The van der Waals surface area contributed by atoms with Crippen LogP contribution in [-0.4, -0.2) is 37.2 Å². The fraction of sp³-hybridized carbons (Fsp3) is 0.259. The first-order valence-corrected chi connectivity index (χ1v) is 12.1. The van der Waals surface area contributed by atoms with E-state index in [0.717, 1.165) is 24.2 Å². The number of aromatic nitrogens is 1. The highest BCUT2D eigenvalue weighted by molar-refractivity contribution is 6.31. The number of rotatable bonds is 12. The van der Waals surface area contributed by atoms with Crippen molar-refractivity contribution in [1.29, 1.82) is 0 Å². The number of ether oxygens (including phenoxy) is 2. The number of hydrogen-bond donors (Lipinski definition) is 3. The van der Waals surface area contributed by atoms with Crippen LogP contribution in [0.1, 0.15) is 24.8 Å². The normalized spacial score (nSPS) is 10.2. The fourth-order valence-electron chi connectivity index (χ4n) is 3.34. The zero-order valence-electron chi connectivity index (χ0n) is 20.4. The minimum atomic E-state index is -0.530. The third-order valence-corrected chi connectivity index (χ3v) is 5.47. The van der Waals surface area contributed by atoms with Gasteiger partial charge in [0.1, 0.15) is 17.3 Å². The summed E-state index contributed by atoms with van der Waals surface area (Å²) in [4.78, 5) is 31.8. The molecule has 1 heterocycles. The van der Waals surface area contributed by atoms with E-state index in [0.29, 0.717) is 54.0 Å². The summed E-state index contributed by atoms with van der Waals surface area (Å²) in [5.41, 5.74) is 1.93. The molecule has 0 bridgehead atoms. The minimum Gasteiger partial charge on any atom is -0.497 e. The number of nitrogens with one attached hydrogen (secondary N) is 3. The number of urea groups is 1. The van der Waals surface area contributed by atoms with Crippen molar-refractivity contribution in [2.24, 2.45) is 0 Å². The summed E-state index contributed by atoms with van der Waals surface area (Å²) >= 11 is 6.09. The van der Waals surface area contributed by atoms with Crippen LogP contribution in [0.5, 0.6) is 11.5 Å². The van der Waals surface area contributed by atoms with Crippen LogP contribution in [0.4, 0.5) is 22.0 Å². The van der Waals surface area contributed by atoms with Crippen molar-refractivity contribution < 1.29 is 19.1 Å². The number of nitrogens with zero attached hydrogens (tertiary/aromatic N) is 2. The van der Waals surface area contributed by atoms with E-state index in [1.54, 1.807) is 31.4 Å². The Hall–Kier alpha value is -4.29. The molecule has 3 amide bonds. The number of aryl methyl sites for hydroxylation is 1. The average Bonchev–Trinajstić information content (AvgIpc) is 2.90. The zero-order chi connectivity index (χ0) is 26.5. The Labute approximate surface area is 221 Å². The number of amides is 3. The number of halogens is 1. The maximum atomic E-state index is 12.4. The Kier molecular flexibility index (Phi) is 10.6. The summed E-state index contributed by atoms with van der Waals surface area (Å²) in [6, 6.07) is 15.3. The lowest BCUT2D eigenvalue weighted by Gasteiger charge is -2.14.